The van der Waals surface area contributed by atoms with Crippen molar-refractivity contribution >= 4 is 28.4 Å². The minimum Gasteiger partial charge on any atom is -0.462 e. The molecule has 0 aliphatic carbocycles. The molecule has 0 unspecified atom stereocenters. The Bertz CT molecular complexity index is 1270. The number of para-hydroxylation sites is 1. The number of H-pyrrole nitrogens is 1. The first-order chi connectivity index (χ1) is 15.3. The molecule has 166 valence electrons. The van der Waals surface area contributed by atoms with Crippen LogP contribution in [0.4, 0.5) is 22.0 Å². The highest BCUT2D eigenvalue weighted by molar-refractivity contribution is 6.18. The second-order valence-corrected chi connectivity index (χ2v) is 6.98. The highest BCUT2D eigenvalue weighted by Crippen LogP contribution is 2.32. The molecule has 1 amide bonds. The van der Waals surface area contributed by atoms with E-state index in [0.717, 1.165) is 16.5 Å². The van der Waals surface area contributed by atoms with E-state index in [1.54, 1.807) is 31.2 Å². The Hall–Kier alpha value is -3.69. The first kappa shape index (κ1) is 21.5. The summed E-state index contributed by atoms with van der Waals surface area (Å²) in [4.78, 5) is 29.3. The third-order valence-electron chi connectivity index (χ3n) is 5.15. The number of rotatable bonds is 3. The minimum absolute atomic E-state index is 0.0112. The van der Waals surface area contributed by atoms with Gasteiger partial charge in [0.15, 0.2) is 23.3 Å². The molecule has 1 aliphatic rings. The Balaban J connectivity index is 1.86. The van der Waals surface area contributed by atoms with E-state index in [-0.39, 0.29) is 25.1 Å². The van der Waals surface area contributed by atoms with Gasteiger partial charge < -0.3 is 14.6 Å². The van der Waals surface area contributed by atoms with Crippen LogP contribution in [0.15, 0.2) is 30.5 Å². The molecule has 0 saturated carbocycles. The Morgan fingerprint density at radius 1 is 1.00 bits per heavy atom. The molecule has 0 bridgehead atoms. The van der Waals surface area contributed by atoms with E-state index < -0.39 is 46.5 Å². The zero-order valence-corrected chi connectivity index (χ0v) is 16.6. The van der Waals surface area contributed by atoms with Crippen molar-refractivity contribution < 1.29 is 36.3 Å². The molecular weight excluding hydrogens is 435 g/mol. The van der Waals surface area contributed by atoms with E-state index in [9.17, 15) is 31.5 Å². The number of hydrogen-bond donors (Lipinski definition) is 1. The minimum atomic E-state index is -2.36. The molecule has 0 fully saturated rings. The summed E-state index contributed by atoms with van der Waals surface area (Å²) in [6, 6.07) is 7.12. The largest absolute Gasteiger partial charge is 0.462 e. The maximum atomic E-state index is 14.2. The lowest BCUT2D eigenvalue weighted by atomic mass is 10.0. The van der Waals surface area contributed by atoms with Gasteiger partial charge in [-0.25, -0.2) is 26.7 Å². The van der Waals surface area contributed by atoms with Crippen LogP contribution in [-0.4, -0.2) is 34.9 Å². The van der Waals surface area contributed by atoms with Crippen molar-refractivity contribution in [2.24, 2.45) is 0 Å². The van der Waals surface area contributed by atoms with Crippen molar-refractivity contribution in [2.75, 3.05) is 13.2 Å². The number of nitrogens with zero attached hydrogens (tertiary/aromatic N) is 1. The molecule has 1 aliphatic heterocycles. The fourth-order valence-corrected chi connectivity index (χ4v) is 3.67. The summed E-state index contributed by atoms with van der Waals surface area (Å²) < 4.78 is 74.1. The number of esters is 1. The van der Waals surface area contributed by atoms with Crippen molar-refractivity contribution in [1.82, 2.24) is 9.88 Å². The second-order valence-electron chi connectivity index (χ2n) is 6.98. The molecule has 10 heteroatoms. The number of amides is 1. The molecule has 1 aromatic heterocycles. The van der Waals surface area contributed by atoms with Gasteiger partial charge in [-0.15, -0.1) is 0 Å². The van der Waals surface area contributed by atoms with E-state index in [2.05, 4.69) is 4.98 Å². The molecule has 0 saturated heterocycles. The van der Waals surface area contributed by atoms with Crippen LogP contribution >= 0.6 is 0 Å². The van der Waals surface area contributed by atoms with Crippen molar-refractivity contribution in [3.8, 4) is 0 Å². The highest BCUT2D eigenvalue weighted by atomic mass is 19.2. The van der Waals surface area contributed by atoms with Crippen LogP contribution in [0.25, 0.3) is 16.5 Å². The van der Waals surface area contributed by atoms with Gasteiger partial charge in [-0.3, -0.25) is 4.79 Å². The first-order valence-corrected chi connectivity index (χ1v) is 9.57. The van der Waals surface area contributed by atoms with Crippen LogP contribution in [0.5, 0.6) is 0 Å². The van der Waals surface area contributed by atoms with E-state index in [0.29, 0.717) is 16.8 Å². The topological polar surface area (TPSA) is 62.4 Å². The van der Waals surface area contributed by atoms with Crippen molar-refractivity contribution in [3.63, 3.8) is 0 Å². The SMILES string of the molecule is CCOC(=O)C1=CN(C(=O)c2c(F)c(F)c(F)c(F)c2F)CCc2c1[nH]c1ccccc21. The summed E-state index contributed by atoms with van der Waals surface area (Å²) >= 11 is 0. The number of fused-ring (bicyclic) bond motifs is 3. The maximum Gasteiger partial charge on any atom is 0.341 e. The normalized spacial score (nSPS) is 13.6. The van der Waals surface area contributed by atoms with Gasteiger partial charge >= 0.3 is 5.97 Å². The fourth-order valence-electron chi connectivity index (χ4n) is 3.67. The number of carbonyl (C=O) groups is 2. The summed E-state index contributed by atoms with van der Waals surface area (Å²) in [7, 11) is 0. The molecule has 4 rings (SSSR count). The van der Waals surface area contributed by atoms with E-state index >= 15 is 0 Å². The number of nitrogens with one attached hydrogen (secondary N) is 1. The molecule has 2 heterocycles. The van der Waals surface area contributed by atoms with Gasteiger partial charge in [0.2, 0.25) is 5.82 Å². The second kappa shape index (κ2) is 8.10. The third kappa shape index (κ3) is 3.31. The summed E-state index contributed by atoms with van der Waals surface area (Å²) in [5.74, 6) is -13.6. The van der Waals surface area contributed by atoms with Crippen LogP contribution in [0, 0.1) is 29.1 Å². The summed E-state index contributed by atoms with van der Waals surface area (Å²) in [5, 5.41) is 0.753. The molecular formula is C22H15F5N2O3. The highest BCUT2D eigenvalue weighted by Gasteiger charge is 2.34. The van der Waals surface area contributed by atoms with Crippen LogP contribution in [0.2, 0.25) is 0 Å². The Morgan fingerprint density at radius 2 is 1.62 bits per heavy atom. The summed E-state index contributed by atoms with van der Waals surface area (Å²) in [6.45, 7) is 1.40. The lowest BCUT2D eigenvalue weighted by Gasteiger charge is -2.19. The van der Waals surface area contributed by atoms with Crippen LogP contribution in [0.1, 0.15) is 28.5 Å². The Labute approximate surface area is 178 Å². The third-order valence-corrected chi connectivity index (χ3v) is 5.15. The van der Waals surface area contributed by atoms with Crippen LogP contribution in [-0.2, 0) is 16.0 Å². The molecule has 0 atom stereocenters. The summed E-state index contributed by atoms with van der Waals surface area (Å²) in [5.41, 5.74) is -0.0127. The average molecular weight is 450 g/mol. The van der Waals surface area contributed by atoms with Gasteiger partial charge in [0.1, 0.15) is 5.56 Å². The zero-order valence-electron chi connectivity index (χ0n) is 16.6. The number of hydrogen-bond acceptors (Lipinski definition) is 3. The van der Waals surface area contributed by atoms with Crippen molar-refractivity contribution in [2.45, 2.75) is 13.3 Å². The number of halogens is 5. The van der Waals surface area contributed by atoms with Crippen LogP contribution < -0.4 is 0 Å². The summed E-state index contributed by atoms with van der Waals surface area (Å²) in [6.07, 6.45) is 1.14. The molecule has 5 nitrogen and oxygen atoms in total. The average Bonchev–Trinajstić information content (AvgIpc) is 3.03. The van der Waals surface area contributed by atoms with Gasteiger partial charge in [-0.2, -0.15) is 0 Å². The molecule has 1 N–H and O–H groups in total. The number of ether oxygens (including phenoxy) is 1. The van der Waals surface area contributed by atoms with Gasteiger partial charge in [0.05, 0.1) is 17.9 Å². The monoisotopic (exact) mass is 450 g/mol. The van der Waals surface area contributed by atoms with E-state index in [4.69, 9.17) is 4.74 Å². The smallest absolute Gasteiger partial charge is 0.341 e. The fraction of sp³-hybridized carbons (Fsp3) is 0.182. The Kier molecular flexibility index (Phi) is 5.45. The Morgan fingerprint density at radius 3 is 2.28 bits per heavy atom. The number of aromatic nitrogens is 1. The first-order valence-electron chi connectivity index (χ1n) is 9.57. The van der Waals surface area contributed by atoms with Gasteiger partial charge in [-0.1, -0.05) is 18.2 Å². The molecule has 3 aromatic rings. The van der Waals surface area contributed by atoms with Gasteiger partial charge in [0.25, 0.3) is 5.91 Å². The lowest BCUT2D eigenvalue weighted by molar-refractivity contribution is -0.136. The van der Waals surface area contributed by atoms with Gasteiger partial charge in [0, 0.05) is 23.6 Å². The quantitative estimate of drug-likeness (QED) is 0.277. The van der Waals surface area contributed by atoms with Crippen molar-refractivity contribution in [3.05, 3.63) is 76.4 Å². The van der Waals surface area contributed by atoms with Crippen LogP contribution in [0.3, 0.4) is 0 Å². The number of benzene rings is 2. The molecule has 0 radical (unpaired) electrons. The van der Waals surface area contributed by atoms with E-state index in [1.807, 2.05) is 0 Å². The van der Waals surface area contributed by atoms with Crippen molar-refractivity contribution in [1.29, 1.82) is 0 Å². The number of carbonyl (C=O) groups excluding carboxylic acids is 2. The lowest BCUT2D eigenvalue weighted by Crippen LogP contribution is -2.30. The molecule has 32 heavy (non-hydrogen) atoms. The predicted octanol–water partition coefficient (Wildman–Crippen LogP) is 4.47. The molecule has 0 spiro atoms. The molecule has 2 aromatic carbocycles. The van der Waals surface area contributed by atoms with Gasteiger partial charge in [-0.05, 0) is 25.0 Å². The zero-order chi connectivity index (χ0) is 23.2. The van der Waals surface area contributed by atoms with E-state index in [1.165, 1.54) is 0 Å². The maximum absolute atomic E-state index is 14.2. The standard InChI is InChI=1S/C22H15F5N2O3/c1-2-32-22(31)12-9-29(8-7-11-10-5-3-4-6-13(10)28-20(11)12)21(30)14-15(23)17(25)19(27)18(26)16(14)24/h3-6,9,28H,2,7-8H2,1H3. The number of aromatic amines is 1. The predicted molar refractivity (Wildman–Crippen MR) is 104 cm³/mol.